The first-order valence-corrected chi connectivity index (χ1v) is 8.93. The molecule has 1 heterocycles. The van der Waals surface area contributed by atoms with E-state index in [-0.39, 0.29) is 11.8 Å². The number of hydrogen-bond donors (Lipinski definition) is 1. The molecule has 24 heavy (non-hydrogen) atoms. The van der Waals surface area contributed by atoms with Crippen LogP contribution >= 0.6 is 15.9 Å². The summed E-state index contributed by atoms with van der Waals surface area (Å²) in [5.74, 6) is -0.0178. The minimum absolute atomic E-state index is 0.00495. The van der Waals surface area contributed by atoms with E-state index in [0.717, 1.165) is 15.8 Å². The highest BCUT2D eigenvalue weighted by Crippen LogP contribution is 2.38. The molecule has 0 aromatic heterocycles. The summed E-state index contributed by atoms with van der Waals surface area (Å²) in [6.07, 6.45) is 1.53. The van der Waals surface area contributed by atoms with Gasteiger partial charge in [-0.3, -0.25) is 9.59 Å². The summed E-state index contributed by atoms with van der Waals surface area (Å²) >= 11 is 3.44. The van der Waals surface area contributed by atoms with E-state index in [4.69, 9.17) is 4.74 Å². The molecule has 1 aromatic rings. The number of hydrogen-bond acceptors (Lipinski definition) is 3. The van der Waals surface area contributed by atoms with E-state index in [1.54, 1.807) is 12.0 Å². The molecule has 2 rings (SSSR count). The lowest BCUT2D eigenvalue weighted by Crippen LogP contribution is -2.40. The van der Waals surface area contributed by atoms with E-state index in [2.05, 4.69) is 15.9 Å². The van der Waals surface area contributed by atoms with Gasteiger partial charge in [-0.25, -0.2) is 0 Å². The second-order valence-corrected chi connectivity index (χ2v) is 7.50. The SMILES string of the molecule is COc1ccc(CCC(=O)N2CCC(C(=O)O)(C(C)C)C2)cc1Br. The maximum atomic E-state index is 12.5. The lowest BCUT2D eigenvalue weighted by molar-refractivity contribution is -0.151. The Kier molecular flexibility index (Phi) is 5.91. The number of carboxylic acids is 1. The van der Waals surface area contributed by atoms with E-state index < -0.39 is 11.4 Å². The normalized spacial score (nSPS) is 20.5. The zero-order chi connectivity index (χ0) is 17.9. The molecule has 0 aliphatic carbocycles. The number of aliphatic carboxylic acids is 1. The van der Waals surface area contributed by atoms with Crippen LogP contribution in [-0.4, -0.2) is 42.1 Å². The lowest BCUT2D eigenvalue weighted by atomic mass is 9.76. The van der Waals surface area contributed by atoms with Crippen molar-refractivity contribution >= 4 is 27.8 Å². The second kappa shape index (κ2) is 7.55. The van der Waals surface area contributed by atoms with Gasteiger partial charge in [-0.15, -0.1) is 0 Å². The van der Waals surface area contributed by atoms with Crippen LogP contribution in [0.15, 0.2) is 22.7 Å². The molecule has 1 saturated heterocycles. The van der Waals surface area contributed by atoms with Gasteiger partial charge in [0, 0.05) is 19.5 Å². The van der Waals surface area contributed by atoms with Gasteiger partial charge in [0.15, 0.2) is 0 Å². The molecule has 0 bridgehead atoms. The molecule has 0 spiro atoms. The Morgan fingerprint density at radius 1 is 1.42 bits per heavy atom. The summed E-state index contributed by atoms with van der Waals surface area (Å²) in [6, 6.07) is 5.76. The number of halogens is 1. The van der Waals surface area contributed by atoms with Crippen molar-refractivity contribution in [1.82, 2.24) is 4.90 Å². The highest BCUT2D eigenvalue weighted by molar-refractivity contribution is 9.10. The molecule has 1 unspecified atom stereocenters. The highest BCUT2D eigenvalue weighted by Gasteiger charge is 2.48. The number of carbonyl (C=O) groups excluding carboxylic acids is 1. The summed E-state index contributed by atoms with van der Waals surface area (Å²) in [5.41, 5.74) is 0.238. The van der Waals surface area contributed by atoms with E-state index in [0.29, 0.717) is 32.4 Å². The smallest absolute Gasteiger partial charge is 0.311 e. The number of methoxy groups -OCH3 is 1. The zero-order valence-electron chi connectivity index (χ0n) is 14.3. The third-order valence-electron chi connectivity index (χ3n) is 5.03. The lowest BCUT2D eigenvalue weighted by Gasteiger charge is -2.28. The molecule has 6 heteroatoms. The maximum Gasteiger partial charge on any atom is 0.311 e. The van der Waals surface area contributed by atoms with Gasteiger partial charge in [0.05, 0.1) is 17.0 Å². The highest BCUT2D eigenvalue weighted by atomic mass is 79.9. The van der Waals surface area contributed by atoms with Crippen LogP contribution in [0.3, 0.4) is 0 Å². The van der Waals surface area contributed by atoms with E-state index in [9.17, 15) is 14.7 Å². The topological polar surface area (TPSA) is 66.8 Å². The van der Waals surface area contributed by atoms with Crippen LogP contribution in [0.2, 0.25) is 0 Å². The van der Waals surface area contributed by atoms with Crippen molar-refractivity contribution in [3.8, 4) is 5.75 Å². The average Bonchev–Trinajstić information content (AvgIpc) is 2.99. The molecule has 1 amide bonds. The number of carboxylic acid groups (broad SMARTS) is 1. The number of benzene rings is 1. The molecule has 1 aromatic carbocycles. The van der Waals surface area contributed by atoms with Crippen LogP contribution in [0.25, 0.3) is 0 Å². The largest absolute Gasteiger partial charge is 0.496 e. The quantitative estimate of drug-likeness (QED) is 0.798. The van der Waals surface area contributed by atoms with Gasteiger partial charge in [-0.1, -0.05) is 19.9 Å². The number of rotatable bonds is 6. The molecule has 0 saturated carbocycles. The third-order valence-corrected chi connectivity index (χ3v) is 5.65. The Labute approximate surface area is 151 Å². The van der Waals surface area contributed by atoms with Crippen molar-refractivity contribution in [2.24, 2.45) is 11.3 Å². The monoisotopic (exact) mass is 397 g/mol. The zero-order valence-corrected chi connectivity index (χ0v) is 15.9. The minimum Gasteiger partial charge on any atom is -0.496 e. The maximum absolute atomic E-state index is 12.5. The number of amides is 1. The van der Waals surface area contributed by atoms with Crippen molar-refractivity contribution in [1.29, 1.82) is 0 Å². The van der Waals surface area contributed by atoms with Gasteiger partial charge in [0.25, 0.3) is 0 Å². The number of carbonyl (C=O) groups is 2. The van der Waals surface area contributed by atoms with E-state index in [1.165, 1.54) is 0 Å². The predicted octanol–water partition coefficient (Wildman–Crippen LogP) is 3.35. The van der Waals surface area contributed by atoms with Crippen LogP contribution in [0.5, 0.6) is 5.75 Å². The number of ether oxygens (including phenoxy) is 1. The van der Waals surface area contributed by atoms with Gasteiger partial charge in [0.2, 0.25) is 5.91 Å². The van der Waals surface area contributed by atoms with Crippen molar-refractivity contribution in [2.75, 3.05) is 20.2 Å². The molecular weight excluding hydrogens is 374 g/mol. The molecular formula is C18H24BrNO4. The summed E-state index contributed by atoms with van der Waals surface area (Å²) in [7, 11) is 1.61. The van der Waals surface area contributed by atoms with E-state index >= 15 is 0 Å². The van der Waals surface area contributed by atoms with Crippen LogP contribution in [0.4, 0.5) is 0 Å². The van der Waals surface area contributed by atoms with Crippen LogP contribution in [-0.2, 0) is 16.0 Å². The minimum atomic E-state index is -0.807. The fourth-order valence-corrected chi connectivity index (χ4v) is 3.80. The average molecular weight is 398 g/mol. The molecule has 1 atom stereocenters. The van der Waals surface area contributed by atoms with Crippen LogP contribution < -0.4 is 4.74 Å². The van der Waals surface area contributed by atoms with Crippen LogP contribution in [0.1, 0.15) is 32.3 Å². The Balaban J connectivity index is 1.96. The molecule has 1 aliphatic rings. The predicted molar refractivity (Wildman–Crippen MR) is 95.1 cm³/mol. The molecule has 132 valence electrons. The first kappa shape index (κ1) is 18.8. The summed E-state index contributed by atoms with van der Waals surface area (Å²) < 4.78 is 6.06. The van der Waals surface area contributed by atoms with Crippen LogP contribution in [0, 0.1) is 11.3 Å². The van der Waals surface area contributed by atoms with Gasteiger partial charge in [0.1, 0.15) is 5.75 Å². The van der Waals surface area contributed by atoms with Gasteiger partial charge in [-0.2, -0.15) is 0 Å². The summed E-state index contributed by atoms with van der Waals surface area (Å²) in [4.78, 5) is 25.8. The van der Waals surface area contributed by atoms with Gasteiger partial charge < -0.3 is 14.7 Å². The van der Waals surface area contributed by atoms with Crippen molar-refractivity contribution in [2.45, 2.75) is 33.1 Å². The molecule has 1 N–H and O–H groups in total. The molecule has 5 nitrogen and oxygen atoms in total. The number of aryl methyl sites for hydroxylation is 1. The van der Waals surface area contributed by atoms with E-state index in [1.807, 2.05) is 32.0 Å². The van der Waals surface area contributed by atoms with Gasteiger partial charge >= 0.3 is 5.97 Å². The number of likely N-dealkylation sites (tertiary alicyclic amines) is 1. The van der Waals surface area contributed by atoms with Crippen molar-refractivity contribution in [3.63, 3.8) is 0 Å². The Morgan fingerprint density at radius 3 is 2.62 bits per heavy atom. The Bertz CT molecular complexity index is 631. The van der Waals surface area contributed by atoms with Crippen molar-refractivity contribution in [3.05, 3.63) is 28.2 Å². The standard InChI is InChI=1S/C18H24BrNO4/c1-12(2)18(17(22)23)8-9-20(11-18)16(21)7-5-13-4-6-15(24-3)14(19)10-13/h4,6,10,12H,5,7-9,11H2,1-3H3,(H,22,23). The Hall–Kier alpha value is -1.56. The fraction of sp³-hybridized carbons (Fsp3) is 0.556. The molecule has 0 radical (unpaired) electrons. The van der Waals surface area contributed by atoms with Crippen molar-refractivity contribution < 1.29 is 19.4 Å². The molecule has 1 fully saturated rings. The third kappa shape index (κ3) is 3.74. The Morgan fingerprint density at radius 2 is 2.12 bits per heavy atom. The summed E-state index contributed by atoms with van der Waals surface area (Å²) in [6.45, 7) is 4.66. The second-order valence-electron chi connectivity index (χ2n) is 6.65. The first-order chi connectivity index (χ1) is 11.3. The first-order valence-electron chi connectivity index (χ1n) is 8.13. The summed E-state index contributed by atoms with van der Waals surface area (Å²) in [5, 5.41) is 9.57. The van der Waals surface area contributed by atoms with Gasteiger partial charge in [-0.05, 0) is 52.4 Å². The number of nitrogens with zero attached hydrogens (tertiary/aromatic N) is 1. The fourth-order valence-electron chi connectivity index (χ4n) is 3.21. The molecule has 1 aliphatic heterocycles.